The second-order valence-corrected chi connectivity index (χ2v) is 5.64. The third kappa shape index (κ3) is 4.18. The third-order valence-corrected chi connectivity index (χ3v) is 3.76. The number of sulfone groups is 1. The molecule has 0 spiro atoms. The number of carbonyl (C=O) groups excluding carboxylic acids is 1. The average Bonchev–Trinajstić information content (AvgIpc) is 2.35. The normalized spacial score (nSPS) is 11.4. The number of hydrogen-bond donors (Lipinski definition) is 0. The van der Waals surface area contributed by atoms with E-state index in [9.17, 15) is 13.2 Å². The molecule has 4 nitrogen and oxygen atoms in total. The van der Waals surface area contributed by atoms with Gasteiger partial charge in [0.05, 0.1) is 16.9 Å². The van der Waals surface area contributed by atoms with E-state index >= 15 is 0 Å². The van der Waals surface area contributed by atoms with E-state index in [1.807, 2.05) is 6.92 Å². The first-order chi connectivity index (χ1) is 8.45. The summed E-state index contributed by atoms with van der Waals surface area (Å²) < 4.78 is 28.2. The van der Waals surface area contributed by atoms with Crippen molar-refractivity contribution in [3.63, 3.8) is 0 Å². The Morgan fingerprint density at radius 1 is 1.33 bits per heavy atom. The van der Waals surface area contributed by atoms with E-state index in [0.717, 1.165) is 17.9 Å². The highest BCUT2D eigenvalue weighted by Gasteiger charge is 2.11. The first-order valence-electron chi connectivity index (χ1n) is 5.23. The van der Waals surface area contributed by atoms with Crippen molar-refractivity contribution in [3.8, 4) is 0 Å². The summed E-state index contributed by atoms with van der Waals surface area (Å²) in [6, 6.07) is 6.56. The van der Waals surface area contributed by atoms with Gasteiger partial charge in [-0.25, -0.2) is 13.2 Å². The Morgan fingerprint density at radius 2 is 1.94 bits per heavy atom. The summed E-state index contributed by atoms with van der Waals surface area (Å²) >= 11 is 0. The molecule has 0 heterocycles. The number of ether oxygens (including phenoxy) is 1. The van der Waals surface area contributed by atoms with Crippen molar-refractivity contribution in [3.05, 3.63) is 54.8 Å². The molecule has 0 N–H and O–H groups in total. The molecule has 0 aliphatic rings. The molecular formula is C13H14O4S. The molecule has 5 heteroatoms. The fourth-order valence-electron chi connectivity index (χ4n) is 1.17. The molecule has 0 aliphatic carbocycles. The molecule has 0 bridgehead atoms. The van der Waals surface area contributed by atoms with Crippen LogP contribution in [0.5, 0.6) is 0 Å². The van der Waals surface area contributed by atoms with Gasteiger partial charge in [0, 0.05) is 6.08 Å². The average molecular weight is 266 g/mol. The van der Waals surface area contributed by atoms with Crippen LogP contribution in [0.15, 0.2) is 54.2 Å². The Bertz CT molecular complexity index is 553. The summed E-state index contributed by atoms with van der Waals surface area (Å²) in [5, 5.41) is 0. The maximum atomic E-state index is 11.8. The van der Waals surface area contributed by atoms with Gasteiger partial charge < -0.3 is 4.74 Å². The molecular weight excluding hydrogens is 252 g/mol. The van der Waals surface area contributed by atoms with Gasteiger partial charge in [0.25, 0.3) is 0 Å². The van der Waals surface area contributed by atoms with Crippen LogP contribution in [0.2, 0.25) is 0 Å². The smallest absolute Gasteiger partial charge is 0.334 e. The fourth-order valence-corrected chi connectivity index (χ4v) is 2.25. The van der Waals surface area contributed by atoms with Crippen molar-refractivity contribution < 1.29 is 17.9 Å². The monoisotopic (exact) mass is 266 g/mol. The van der Waals surface area contributed by atoms with Gasteiger partial charge in [0.2, 0.25) is 0 Å². The van der Waals surface area contributed by atoms with Gasteiger partial charge in [-0.3, -0.25) is 0 Å². The molecule has 0 aromatic heterocycles. The van der Waals surface area contributed by atoms with Crippen molar-refractivity contribution in [2.24, 2.45) is 0 Å². The van der Waals surface area contributed by atoms with Crippen LogP contribution in [0.3, 0.4) is 0 Å². The molecule has 96 valence electrons. The topological polar surface area (TPSA) is 60.4 Å². The molecule has 0 radical (unpaired) electrons. The lowest BCUT2D eigenvalue weighted by atomic mass is 10.2. The van der Waals surface area contributed by atoms with Gasteiger partial charge in [-0.2, -0.15) is 0 Å². The Balaban J connectivity index is 2.68. The van der Waals surface area contributed by atoms with Crippen LogP contribution < -0.4 is 0 Å². The SMILES string of the molecule is C=CC(=O)OC=CCS(=O)(=O)c1ccc(C)cc1. The van der Waals surface area contributed by atoms with E-state index in [0.29, 0.717) is 0 Å². The van der Waals surface area contributed by atoms with E-state index in [1.54, 1.807) is 24.3 Å². The Hall–Kier alpha value is -1.88. The largest absolute Gasteiger partial charge is 0.432 e. The Kier molecular flexibility index (Phi) is 4.85. The summed E-state index contributed by atoms with van der Waals surface area (Å²) in [7, 11) is -3.39. The van der Waals surface area contributed by atoms with Crippen molar-refractivity contribution in [2.45, 2.75) is 11.8 Å². The summed E-state index contributed by atoms with van der Waals surface area (Å²) in [6.45, 7) is 5.10. The van der Waals surface area contributed by atoms with Crippen molar-refractivity contribution in [1.29, 1.82) is 0 Å². The minimum absolute atomic E-state index is 0.222. The third-order valence-electron chi connectivity index (χ3n) is 2.14. The van der Waals surface area contributed by atoms with E-state index in [-0.39, 0.29) is 10.6 Å². The van der Waals surface area contributed by atoms with E-state index < -0.39 is 15.8 Å². The highest BCUT2D eigenvalue weighted by atomic mass is 32.2. The molecule has 1 rings (SSSR count). The highest BCUT2D eigenvalue weighted by molar-refractivity contribution is 7.91. The van der Waals surface area contributed by atoms with Gasteiger partial charge in [-0.1, -0.05) is 24.3 Å². The summed E-state index contributed by atoms with van der Waals surface area (Å²) in [6.07, 6.45) is 3.32. The van der Waals surface area contributed by atoms with Crippen molar-refractivity contribution in [1.82, 2.24) is 0 Å². The van der Waals surface area contributed by atoms with Crippen LogP contribution >= 0.6 is 0 Å². The van der Waals surface area contributed by atoms with Crippen LogP contribution in [-0.2, 0) is 19.4 Å². The molecule has 0 saturated carbocycles. The standard InChI is InChI=1S/C13H14O4S/c1-3-13(14)17-9-4-10-18(15,16)12-7-5-11(2)6-8-12/h3-9H,1,10H2,2H3. The maximum Gasteiger partial charge on any atom is 0.334 e. The number of hydrogen-bond acceptors (Lipinski definition) is 4. The lowest BCUT2D eigenvalue weighted by Gasteiger charge is -2.01. The van der Waals surface area contributed by atoms with Crippen molar-refractivity contribution >= 4 is 15.8 Å². The predicted molar refractivity (Wildman–Crippen MR) is 68.7 cm³/mol. The second-order valence-electron chi connectivity index (χ2n) is 3.61. The van der Waals surface area contributed by atoms with Crippen LogP contribution in [0.1, 0.15) is 5.56 Å². The summed E-state index contributed by atoms with van der Waals surface area (Å²) in [5.74, 6) is -0.848. The second kappa shape index (κ2) is 6.16. The van der Waals surface area contributed by atoms with Gasteiger partial charge in [-0.15, -0.1) is 0 Å². The first kappa shape index (κ1) is 14.2. The predicted octanol–water partition coefficient (Wildman–Crippen LogP) is 2.01. The molecule has 0 atom stereocenters. The minimum atomic E-state index is -3.39. The molecule has 0 unspecified atom stereocenters. The maximum absolute atomic E-state index is 11.8. The van der Waals surface area contributed by atoms with E-state index in [4.69, 9.17) is 0 Å². The lowest BCUT2D eigenvalue weighted by molar-refractivity contribution is -0.132. The van der Waals surface area contributed by atoms with Gasteiger partial charge >= 0.3 is 5.97 Å². The molecule has 18 heavy (non-hydrogen) atoms. The number of carbonyl (C=O) groups is 1. The molecule has 0 saturated heterocycles. The zero-order valence-electron chi connectivity index (χ0n) is 10.00. The highest BCUT2D eigenvalue weighted by Crippen LogP contribution is 2.12. The van der Waals surface area contributed by atoms with Crippen LogP contribution in [0.25, 0.3) is 0 Å². The fraction of sp³-hybridized carbons (Fsp3) is 0.154. The zero-order chi connectivity index (χ0) is 13.6. The summed E-state index contributed by atoms with van der Waals surface area (Å²) in [5.41, 5.74) is 0.990. The molecule has 0 amide bonds. The lowest BCUT2D eigenvalue weighted by Crippen LogP contribution is -2.05. The van der Waals surface area contributed by atoms with Crippen LogP contribution in [0, 0.1) is 6.92 Å². The number of benzene rings is 1. The van der Waals surface area contributed by atoms with Gasteiger partial charge in [-0.05, 0) is 25.1 Å². The van der Waals surface area contributed by atoms with Crippen LogP contribution in [-0.4, -0.2) is 20.1 Å². The summed E-state index contributed by atoms with van der Waals surface area (Å²) in [4.78, 5) is 10.9. The van der Waals surface area contributed by atoms with Gasteiger partial charge in [0.1, 0.15) is 0 Å². The first-order valence-corrected chi connectivity index (χ1v) is 6.88. The Labute approximate surface area is 107 Å². The zero-order valence-corrected chi connectivity index (χ0v) is 10.8. The molecule has 0 aliphatic heterocycles. The Morgan fingerprint density at radius 3 is 2.50 bits per heavy atom. The molecule has 1 aromatic rings. The number of esters is 1. The van der Waals surface area contributed by atoms with Crippen LogP contribution in [0.4, 0.5) is 0 Å². The van der Waals surface area contributed by atoms with Crippen molar-refractivity contribution in [2.75, 3.05) is 5.75 Å². The molecule has 1 aromatic carbocycles. The number of aryl methyl sites for hydroxylation is 1. The molecule has 0 fully saturated rings. The quantitative estimate of drug-likeness (QED) is 0.464. The van der Waals surface area contributed by atoms with Gasteiger partial charge in [0.15, 0.2) is 9.84 Å². The van der Waals surface area contributed by atoms with E-state index in [1.165, 1.54) is 6.08 Å². The van der Waals surface area contributed by atoms with E-state index in [2.05, 4.69) is 11.3 Å². The minimum Gasteiger partial charge on any atom is -0.432 e. The number of rotatable bonds is 5.